The number of nitrogens with zero attached hydrogens (tertiary/aromatic N) is 1. The largest absolute Gasteiger partial charge is 0.480 e. The van der Waals surface area contributed by atoms with E-state index in [-0.39, 0.29) is 11.8 Å². The van der Waals surface area contributed by atoms with Crippen molar-refractivity contribution in [1.29, 1.82) is 0 Å². The molecule has 0 bridgehead atoms. The normalized spacial score (nSPS) is 18.8. The first-order valence-electron chi connectivity index (χ1n) is 12.0. The Morgan fingerprint density at radius 3 is 1.97 bits per heavy atom. The van der Waals surface area contributed by atoms with Crippen LogP contribution in [0.3, 0.4) is 0 Å². The second kappa shape index (κ2) is 9.16. The number of hydrogen-bond donors (Lipinski definition) is 2. The second-order valence-electron chi connectivity index (χ2n) is 9.35. The number of carbonyl (C=O) groups is 2. The van der Waals surface area contributed by atoms with Gasteiger partial charge in [0, 0.05) is 19.6 Å². The van der Waals surface area contributed by atoms with Crippen molar-refractivity contribution in [1.82, 2.24) is 10.2 Å². The zero-order chi connectivity index (χ0) is 23.7. The minimum Gasteiger partial charge on any atom is -0.480 e. The Bertz CT molecular complexity index is 1150. The molecule has 1 heterocycles. The number of carbonyl (C=O) groups excluding carboxylic acids is 1. The number of aliphatic carboxylic acids is 1. The summed E-state index contributed by atoms with van der Waals surface area (Å²) in [7, 11) is 0. The number of fused-ring (bicyclic) bond motifs is 4. The van der Waals surface area contributed by atoms with Crippen LogP contribution in [-0.4, -0.2) is 54.0 Å². The maximum absolute atomic E-state index is 12.6. The van der Waals surface area contributed by atoms with Gasteiger partial charge < -0.3 is 10.4 Å². The number of rotatable bonds is 6. The Morgan fingerprint density at radius 1 is 0.941 bits per heavy atom. The topological polar surface area (TPSA) is 69.6 Å². The quantitative estimate of drug-likeness (QED) is 0.453. The van der Waals surface area contributed by atoms with Gasteiger partial charge in [0.25, 0.3) is 0 Å². The molecular formula is C29H30N2O3. The molecule has 5 nitrogen and oxygen atoms in total. The van der Waals surface area contributed by atoms with Gasteiger partial charge in [-0.15, -0.1) is 0 Å². The molecule has 1 fully saturated rings. The van der Waals surface area contributed by atoms with E-state index in [2.05, 4.69) is 34.5 Å². The summed E-state index contributed by atoms with van der Waals surface area (Å²) < 4.78 is 0. The smallest absolute Gasteiger partial charge is 0.318 e. The van der Waals surface area contributed by atoms with E-state index in [0.717, 1.165) is 48.3 Å². The maximum atomic E-state index is 12.6. The number of benzene rings is 3. The predicted molar refractivity (Wildman–Crippen MR) is 134 cm³/mol. The van der Waals surface area contributed by atoms with Crippen LogP contribution in [0.1, 0.15) is 30.9 Å². The van der Waals surface area contributed by atoms with Crippen molar-refractivity contribution in [2.45, 2.75) is 31.2 Å². The number of carboxylic acid groups (broad SMARTS) is 1. The molecule has 5 heteroatoms. The van der Waals surface area contributed by atoms with Crippen LogP contribution < -0.4 is 5.32 Å². The Balaban J connectivity index is 0.000000343. The third-order valence-corrected chi connectivity index (χ3v) is 7.47. The van der Waals surface area contributed by atoms with Crippen LogP contribution in [0.5, 0.6) is 0 Å². The summed E-state index contributed by atoms with van der Waals surface area (Å²) in [4.78, 5) is 26.8. The van der Waals surface area contributed by atoms with Gasteiger partial charge in [0.2, 0.25) is 0 Å². The number of piperazine rings is 1. The van der Waals surface area contributed by atoms with Gasteiger partial charge in [-0.05, 0) is 59.7 Å². The summed E-state index contributed by atoms with van der Waals surface area (Å²) in [5, 5.41) is 13.6. The number of Topliss-reactive ketones (excluding diaryl/α,β-unsaturated/α-hetero) is 1. The highest BCUT2D eigenvalue weighted by Crippen LogP contribution is 2.51. The van der Waals surface area contributed by atoms with E-state index in [1.807, 2.05) is 48.5 Å². The summed E-state index contributed by atoms with van der Waals surface area (Å²) in [5.74, 6) is -0.634. The summed E-state index contributed by atoms with van der Waals surface area (Å²) in [5.41, 5.74) is 5.63. The van der Waals surface area contributed by atoms with Gasteiger partial charge in [0.1, 0.15) is 11.2 Å². The van der Waals surface area contributed by atoms with E-state index in [0.29, 0.717) is 13.0 Å². The molecule has 1 saturated heterocycles. The molecular weight excluding hydrogens is 424 g/mol. The van der Waals surface area contributed by atoms with Crippen molar-refractivity contribution in [2.75, 3.05) is 26.2 Å². The maximum Gasteiger partial charge on any atom is 0.318 e. The number of hydrogen-bond acceptors (Lipinski definition) is 4. The monoisotopic (exact) mass is 454 g/mol. The van der Waals surface area contributed by atoms with E-state index in [9.17, 15) is 14.7 Å². The molecule has 1 unspecified atom stereocenters. The van der Waals surface area contributed by atoms with Crippen molar-refractivity contribution in [3.63, 3.8) is 0 Å². The van der Waals surface area contributed by atoms with E-state index in [1.54, 1.807) is 6.92 Å². The van der Waals surface area contributed by atoms with Crippen LogP contribution in [-0.2, 0) is 15.0 Å². The molecule has 4 aliphatic rings. The lowest BCUT2D eigenvalue weighted by Crippen LogP contribution is -2.54. The van der Waals surface area contributed by atoms with Gasteiger partial charge in [-0.2, -0.15) is 0 Å². The van der Waals surface area contributed by atoms with Gasteiger partial charge in [-0.25, -0.2) is 0 Å². The zero-order valence-corrected chi connectivity index (χ0v) is 19.5. The predicted octanol–water partition coefficient (Wildman–Crippen LogP) is 4.35. The fraction of sp³-hybridized carbons (Fsp3) is 0.310. The van der Waals surface area contributed by atoms with Gasteiger partial charge in [0.15, 0.2) is 0 Å². The van der Waals surface area contributed by atoms with Gasteiger partial charge in [0.05, 0.1) is 6.04 Å². The molecule has 0 amide bonds. The highest BCUT2D eigenvalue weighted by Gasteiger charge is 2.48. The van der Waals surface area contributed by atoms with Crippen LogP contribution >= 0.6 is 0 Å². The van der Waals surface area contributed by atoms with Crippen molar-refractivity contribution >= 4 is 11.8 Å². The lowest BCUT2D eigenvalue weighted by Gasteiger charge is -2.35. The summed E-state index contributed by atoms with van der Waals surface area (Å²) in [6, 6.07) is 24.1. The Kier molecular flexibility index (Phi) is 6.07. The average Bonchev–Trinajstić information content (AvgIpc) is 3.13. The molecule has 1 atom stereocenters. The lowest BCUT2D eigenvalue weighted by molar-refractivity contribution is -0.142. The standard InChI is InChI=1S/C23H26N2O3.C6H4/c1-16(26)21-15-24-12-14-25(21)13-6-11-23(22(27)28)19-9-4-2-7-17(19)18-8-3-5-10-20(18)23;1-2-6-4-3-5(1)6/h2-5,7-10,21,24H,6,11-15H2,1H3,(H,27,28);1-4H. The zero-order valence-electron chi connectivity index (χ0n) is 19.5. The fourth-order valence-corrected chi connectivity index (χ4v) is 5.56. The van der Waals surface area contributed by atoms with Crippen LogP contribution in [0.4, 0.5) is 0 Å². The Morgan fingerprint density at radius 2 is 1.50 bits per heavy atom. The van der Waals surface area contributed by atoms with Gasteiger partial charge >= 0.3 is 5.97 Å². The van der Waals surface area contributed by atoms with Crippen molar-refractivity contribution in [3.8, 4) is 22.3 Å². The van der Waals surface area contributed by atoms with E-state index in [4.69, 9.17) is 0 Å². The summed E-state index contributed by atoms with van der Waals surface area (Å²) >= 11 is 0. The molecule has 0 aromatic heterocycles. The first kappa shape index (κ1) is 22.5. The molecule has 1 aliphatic heterocycles. The van der Waals surface area contributed by atoms with Crippen molar-refractivity contribution in [3.05, 3.63) is 83.9 Å². The molecule has 0 spiro atoms. The summed E-state index contributed by atoms with van der Waals surface area (Å²) in [6.07, 6.45) is 1.24. The molecule has 3 aliphatic carbocycles. The molecule has 2 aromatic carbocycles. The van der Waals surface area contributed by atoms with Gasteiger partial charge in [-0.1, -0.05) is 72.8 Å². The second-order valence-corrected chi connectivity index (χ2v) is 9.35. The minimum atomic E-state index is -1.02. The number of carboxylic acids is 1. The van der Waals surface area contributed by atoms with Crippen LogP contribution in [0.25, 0.3) is 22.3 Å². The van der Waals surface area contributed by atoms with Crippen LogP contribution in [0, 0.1) is 0 Å². The lowest BCUT2D eigenvalue weighted by atomic mass is 9.74. The SMILES string of the molecule is CC(=O)C1CNCCN1CCCC1(C(=O)O)c2ccccc2-c2ccccc21.c1cc2ccc1-2. The van der Waals surface area contributed by atoms with Crippen LogP contribution in [0.15, 0.2) is 72.8 Å². The van der Waals surface area contributed by atoms with E-state index < -0.39 is 11.4 Å². The Labute approximate surface area is 200 Å². The molecule has 2 aromatic rings. The molecule has 174 valence electrons. The molecule has 0 radical (unpaired) electrons. The molecule has 0 saturated carbocycles. The number of ketones is 1. The Hall–Kier alpha value is -3.28. The average molecular weight is 455 g/mol. The van der Waals surface area contributed by atoms with Crippen molar-refractivity contribution < 1.29 is 14.7 Å². The minimum absolute atomic E-state index is 0.113. The van der Waals surface area contributed by atoms with Crippen LogP contribution in [0.2, 0.25) is 0 Å². The highest BCUT2D eigenvalue weighted by molar-refractivity contribution is 5.97. The third kappa shape index (κ3) is 3.75. The third-order valence-electron chi connectivity index (χ3n) is 7.47. The highest BCUT2D eigenvalue weighted by atomic mass is 16.4. The van der Waals surface area contributed by atoms with E-state index in [1.165, 1.54) is 11.1 Å². The van der Waals surface area contributed by atoms with E-state index >= 15 is 0 Å². The number of nitrogens with one attached hydrogen (secondary N) is 1. The molecule has 34 heavy (non-hydrogen) atoms. The first-order chi connectivity index (χ1) is 16.5. The molecule has 6 rings (SSSR count). The fourth-order valence-electron chi connectivity index (χ4n) is 5.56. The first-order valence-corrected chi connectivity index (χ1v) is 12.0. The molecule has 2 N–H and O–H groups in total. The van der Waals surface area contributed by atoms with Crippen molar-refractivity contribution in [2.24, 2.45) is 0 Å². The van der Waals surface area contributed by atoms with Gasteiger partial charge in [-0.3, -0.25) is 14.5 Å². The summed E-state index contributed by atoms with van der Waals surface area (Å²) in [6.45, 7) is 4.71.